The number of piperidine rings is 1. The number of halogens is 1. The maximum atomic E-state index is 12.4. The minimum atomic E-state index is -3.44. The molecule has 19 heavy (non-hydrogen) atoms. The molecule has 2 rings (SSSR count). The van der Waals surface area contributed by atoms with Gasteiger partial charge in [0.1, 0.15) is 4.21 Å². The van der Waals surface area contributed by atoms with Crippen LogP contribution < -0.4 is 0 Å². The van der Waals surface area contributed by atoms with E-state index in [1.165, 1.54) is 15.6 Å². The fourth-order valence-corrected chi connectivity index (χ4v) is 6.10. The molecule has 0 saturated carbocycles. The van der Waals surface area contributed by atoms with Crippen molar-refractivity contribution in [1.29, 1.82) is 0 Å². The van der Waals surface area contributed by atoms with Crippen LogP contribution in [0.5, 0.6) is 0 Å². The van der Waals surface area contributed by atoms with E-state index >= 15 is 0 Å². The Kier molecular flexibility index (Phi) is 4.65. The molecule has 1 N–H and O–H groups in total. The van der Waals surface area contributed by atoms with Crippen LogP contribution in [0.3, 0.4) is 0 Å². The maximum Gasteiger partial charge on any atom is 0.303 e. The fraction of sp³-hybridized carbons (Fsp3) is 0.545. The summed E-state index contributed by atoms with van der Waals surface area (Å²) in [5, 5.41) is 10.5. The molecule has 0 aliphatic carbocycles. The minimum absolute atomic E-state index is 0.0794. The summed E-state index contributed by atoms with van der Waals surface area (Å²) >= 11 is 4.43. The first kappa shape index (κ1) is 15.0. The van der Waals surface area contributed by atoms with Gasteiger partial charge in [0.15, 0.2) is 0 Å². The predicted octanol–water partition coefficient (Wildman–Crippen LogP) is 2.39. The van der Waals surface area contributed by atoms with Gasteiger partial charge in [0.05, 0.1) is 0 Å². The molecule has 0 unspecified atom stereocenters. The van der Waals surface area contributed by atoms with Crippen molar-refractivity contribution in [1.82, 2.24) is 4.31 Å². The molecule has 1 aliphatic heterocycles. The van der Waals surface area contributed by atoms with Gasteiger partial charge in [-0.05, 0) is 46.1 Å². The molecule has 1 saturated heterocycles. The van der Waals surface area contributed by atoms with Crippen LogP contribution in [0, 0.1) is 5.92 Å². The number of carboxylic acids is 1. The summed E-state index contributed by atoms with van der Waals surface area (Å²) < 4.78 is 27.1. The third-order valence-corrected chi connectivity index (χ3v) is 7.74. The van der Waals surface area contributed by atoms with Gasteiger partial charge >= 0.3 is 5.97 Å². The van der Waals surface area contributed by atoms with E-state index in [0.29, 0.717) is 34.6 Å². The second-order valence-electron chi connectivity index (χ2n) is 4.50. The topological polar surface area (TPSA) is 74.7 Å². The Morgan fingerprint density at radius 2 is 2.11 bits per heavy atom. The Hall–Kier alpha value is -0.440. The molecular weight excluding hydrogens is 354 g/mol. The zero-order valence-electron chi connectivity index (χ0n) is 10.1. The Labute approximate surface area is 124 Å². The first-order chi connectivity index (χ1) is 8.91. The van der Waals surface area contributed by atoms with Crippen molar-refractivity contribution in [3.63, 3.8) is 0 Å². The average Bonchev–Trinajstić information content (AvgIpc) is 2.76. The van der Waals surface area contributed by atoms with Crippen LogP contribution in [0.15, 0.2) is 20.1 Å². The standard InChI is InChI=1S/C11H14BrNO4S2/c12-9-3-6-18-11(9)19(16,17)13-4-1-8(2-5-13)7-10(14)15/h3,6,8H,1-2,4-5,7H2,(H,14,15). The number of carbonyl (C=O) groups is 1. The highest BCUT2D eigenvalue weighted by molar-refractivity contribution is 9.10. The third kappa shape index (κ3) is 3.36. The molecule has 1 aromatic heterocycles. The first-order valence-electron chi connectivity index (χ1n) is 5.86. The second-order valence-corrected chi connectivity index (χ2v) is 8.40. The van der Waals surface area contributed by atoms with Crippen LogP contribution in [-0.4, -0.2) is 36.9 Å². The Morgan fingerprint density at radius 3 is 2.58 bits per heavy atom. The number of hydrogen-bond donors (Lipinski definition) is 1. The lowest BCUT2D eigenvalue weighted by atomic mass is 9.95. The summed E-state index contributed by atoms with van der Waals surface area (Å²) in [6.07, 6.45) is 1.33. The zero-order chi connectivity index (χ0) is 14.0. The van der Waals surface area contributed by atoms with Crippen LogP contribution >= 0.6 is 27.3 Å². The first-order valence-corrected chi connectivity index (χ1v) is 8.97. The number of thiophene rings is 1. The molecule has 1 aliphatic rings. The van der Waals surface area contributed by atoms with Crippen molar-refractivity contribution in [2.45, 2.75) is 23.5 Å². The highest BCUT2D eigenvalue weighted by atomic mass is 79.9. The number of rotatable bonds is 4. The molecule has 0 aromatic carbocycles. The molecule has 0 atom stereocenters. The molecule has 1 aromatic rings. The lowest BCUT2D eigenvalue weighted by Gasteiger charge is -2.30. The number of hydrogen-bond acceptors (Lipinski definition) is 4. The van der Waals surface area contributed by atoms with Gasteiger partial charge in [-0.15, -0.1) is 11.3 Å². The van der Waals surface area contributed by atoms with Crippen LogP contribution in [-0.2, 0) is 14.8 Å². The van der Waals surface area contributed by atoms with Crippen molar-refractivity contribution in [2.75, 3.05) is 13.1 Å². The average molecular weight is 368 g/mol. The summed E-state index contributed by atoms with van der Waals surface area (Å²) in [7, 11) is -3.44. The van der Waals surface area contributed by atoms with E-state index in [0.717, 1.165) is 0 Å². The lowest BCUT2D eigenvalue weighted by molar-refractivity contribution is -0.138. The summed E-state index contributed by atoms with van der Waals surface area (Å²) in [6.45, 7) is 0.787. The number of carboxylic acid groups (broad SMARTS) is 1. The maximum absolute atomic E-state index is 12.4. The van der Waals surface area contributed by atoms with E-state index in [2.05, 4.69) is 15.9 Å². The van der Waals surface area contributed by atoms with Crippen LogP contribution in [0.1, 0.15) is 19.3 Å². The van der Waals surface area contributed by atoms with Gasteiger partial charge in [-0.3, -0.25) is 4.79 Å². The molecule has 106 valence electrons. The smallest absolute Gasteiger partial charge is 0.303 e. The van der Waals surface area contributed by atoms with Crippen LogP contribution in [0.4, 0.5) is 0 Å². The van der Waals surface area contributed by atoms with Crippen molar-refractivity contribution in [3.8, 4) is 0 Å². The van der Waals surface area contributed by atoms with Gasteiger partial charge in [-0.25, -0.2) is 8.42 Å². The van der Waals surface area contributed by atoms with Gasteiger partial charge in [-0.1, -0.05) is 0 Å². The largest absolute Gasteiger partial charge is 0.481 e. The van der Waals surface area contributed by atoms with E-state index in [1.54, 1.807) is 11.4 Å². The molecule has 0 bridgehead atoms. The van der Waals surface area contributed by atoms with Gasteiger partial charge < -0.3 is 5.11 Å². The van der Waals surface area contributed by atoms with Crippen molar-refractivity contribution < 1.29 is 18.3 Å². The highest BCUT2D eigenvalue weighted by Crippen LogP contribution is 2.32. The minimum Gasteiger partial charge on any atom is -0.481 e. The normalized spacial score (nSPS) is 18.6. The molecule has 0 radical (unpaired) electrons. The van der Waals surface area contributed by atoms with Gasteiger partial charge in [0.25, 0.3) is 10.0 Å². The number of nitrogens with zero attached hydrogens (tertiary/aromatic N) is 1. The Balaban J connectivity index is 2.05. The second kappa shape index (κ2) is 5.90. The lowest BCUT2D eigenvalue weighted by Crippen LogP contribution is -2.38. The van der Waals surface area contributed by atoms with Crippen LogP contribution in [0.25, 0.3) is 0 Å². The fourth-order valence-electron chi connectivity index (χ4n) is 2.18. The molecular formula is C11H14BrNO4S2. The van der Waals surface area contributed by atoms with Gasteiger partial charge in [0, 0.05) is 24.0 Å². The van der Waals surface area contributed by atoms with Crippen molar-refractivity contribution in [2.24, 2.45) is 5.92 Å². The third-order valence-electron chi connectivity index (χ3n) is 3.20. The highest BCUT2D eigenvalue weighted by Gasteiger charge is 2.32. The summed E-state index contributed by atoms with van der Waals surface area (Å²) in [4.78, 5) is 10.6. The quantitative estimate of drug-likeness (QED) is 0.886. The van der Waals surface area contributed by atoms with Gasteiger partial charge in [-0.2, -0.15) is 4.31 Å². The van der Waals surface area contributed by atoms with E-state index in [-0.39, 0.29) is 12.3 Å². The molecule has 5 nitrogen and oxygen atoms in total. The molecule has 1 fully saturated rings. The Morgan fingerprint density at radius 1 is 1.47 bits per heavy atom. The number of aliphatic carboxylic acids is 1. The molecule has 0 amide bonds. The monoisotopic (exact) mass is 367 g/mol. The molecule has 2 heterocycles. The Bertz CT molecular complexity index is 561. The number of sulfonamides is 1. The summed E-state index contributed by atoms with van der Waals surface area (Å²) in [5.74, 6) is -0.738. The summed E-state index contributed by atoms with van der Waals surface area (Å²) in [6, 6.07) is 1.72. The predicted molar refractivity (Wildman–Crippen MR) is 75.8 cm³/mol. The van der Waals surface area contributed by atoms with Gasteiger partial charge in [0.2, 0.25) is 0 Å². The summed E-state index contributed by atoms with van der Waals surface area (Å²) in [5.41, 5.74) is 0. The molecule has 8 heteroatoms. The zero-order valence-corrected chi connectivity index (χ0v) is 13.3. The van der Waals surface area contributed by atoms with Crippen LogP contribution in [0.2, 0.25) is 0 Å². The van der Waals surface area contributed by atoms with E-state index in [4.69, 9.17) is 5.11 Å². The van der Waals surface area contributed by atoms with E-state index < -0.39 is 16.0 Å². The SMILES string of the molecule is O=C(O)CC1CCN(S(=O)(=O)c2sccc2Br)CC1. The van der Waals surface area contributed by atoms with E-state index in [1.807, 2.05) is 0 Å². The molecule has 0 spiro atoms. The van der Waals surface area contributed by atoms with Crippen molar-refractivity contribution in [3.05, 3.63) is 15.9 Å². The van der Waals surface area contributed by atoms with E-state index in [9.17, 15) is 13.2 Å². The van der Waals surface area contributed by atoms with Crippen molar-refractivity contribution >= 4 is 43.3 Å².